The molecule has 1 aliphatic rings. The number of aryl methyl sites for hydroxylation is 3. The number of Topliss-reactive ketones (excluding diaryl/α,β-unsaturated/α-hetero) is 1. The first-order valence-electron chi connectivity index (χ1n) is 10.0. The topological polar surface area (TPSA) is 80.0 Å². The Balaban J connectivity index is 2.00. The van der Waals surface area contributed by atoms with Crippen molar-refractivity contribution in [3.8, 4) is 5.75 Å². The van der Waals surface area contributed by atoms with Crippen molar-refractivity contribution < 1.29 is 23.8 Å². The highest BCUT2D eigenvalue weighted by Gasteiger charge is 2.48. The Labute approximate surface area is 190 Å². The monoisotopic (exact) mass is 451 g/mol. The predicted octanol–water partition coefficient (Wildman–Crippen LogP) is 5.49. The predicted molar refractivity (Wildman–Crippen MR) is 122 cm³/mol. The van der Waals surface area contributed by atoms with Gasteiger partial charge in [0.1, 0.15) is 29.1 Å². The summed E-state index contributed by atoms with van der Waals surface area (Å²) in [6.45, 7) is 5.49. The second kappa shape index (κ2) is 8.20. The third-order valence-corrected chi connectivity index (χ3v) is 5.67. The molecule has 0 aliphatic carbocycles. The lowest BCUT2D eigenvalue weighted by molar-refractivity contribution is -0.132. The van der Waals surface area contributed by atoms with Gasteiger partial charge >= 0.3 is 0 Å². The van der Waals surface area contributed by atoms with Crippen LogP contribution >= 0.6 is 11.6 Å². The second-order valence-electron chi connectivity index (χ2n) is 7.76. The van der Waals surface area contributed by atoms with Crippen molar-refractivity contribution in [2.45, 2.75) is 26.8 Å². The van der Waals surface area contributed by atoms with Crippen LogP contribution in [0.5, 0.6) is 5.75 Å². The van der Waals surface area contributed by atoms with E-state index in [1.807, 2.05) is 19.9 Å². The number of carbonyl (C=O) groups excluding carboxylic acids is 2. The Morgan fingerprint density at radius 1 is 1.09 bits per heavy atom. The number of methoxy groups -OCH3 is 1. The Morgan fingerprint density at radius 3 is 2.47 bits per heavy atom. The number of ether oxygens (including phenoxy) is 1. The number of carbonyl (C=O) groups is 2. The lowest BCUT2D eigenvalue weighted by atomic mass is 9.96. The van der Waals surface area contributed by atoms with Gasteiger partial charge in [-0.15, -0.1) is 0 Å². The van der Waals surface area contributed by atoms with Crippen molar-refractivity contribution in [3.05, 3.63) is 87.3 Å². The highest BCUT2D eigenvalue weighted by molar-refractivity contribution is 6.51. The summed E-state index contributed by atoms with van der Waals surface area (Å²) < 4.78 is 11.3. The van der Waals surface area contributed by atoms with Gasteiger partial charge in [0.25, 0.3) is 11.7 Å². The number of aliphatic hydroxyl groups is 1. The maximum absolute atomic E-state index is 13.2. The van der Waals surface area contributed by atoms with Gasteiger partial charge in [-0.3, -0.25) is 14.5 Å². The Morgan fingerprint density at radius 2 is 1.84 bits per heavy atom. The van der Waals surface area contributed by atoms with E-state index in [0.29, 0.717) is 33.5 Å². The molecule has 7 heteroatoms. The van der Waals surface area contributed by atoms with Crippen LogP contribution < -0.4 is 9.64 Å². The van der Waals surface area contributed by atoms with Crippen molar-refractivity contribution in [2.75, 3.05) is 12.0 Å². The molecule has 1 aromatic heterocycles. The molecule has 0 radical (unpaired) electrons. The first kappa shape index (κ1) is 21.7. The van der Waals surface area contributed by atoms with Crippen molar-refractivity contribution in [1.29, 1.82) is 0 Å². The van der Waals surface area contributed by atoms with E-state index in [1.165, 1.54) is 12.0 Å². The summed E-state index contributed by atoms with van der Waals surface area (Å²) in [7, 11) is 1.49. The van der Waals surface area contributed by atoms with Crippen LogP contribution in [-0.2, 0) is 9.59 Å². The minimum Gasteiger partial charge on any atom is -0.507 e. The van der Waals surface area contributed by atoms with Crippen LogP contribution in [0.4, 0.5) is 5.69 Å². The molecular weight excluding hydrogens is 430 g/mol. The van der Waals surface area contributed by atoms with Crippen LogP contribution in [0.15, 0.2) is 58.5 Å². The van der Waals surface area contributed by atoms with Crippen LogP contribution in [-0.4, -0.2) is 23.9 Å². The van der Waals surface area contributed by atoms with Crippen LogP contribution in [0.1, 0.15) is 34.3 Å². The summed E-state index contributed by atoms with van der Waals surface area (Å²) in [6, 6.07) is 12.7. The van der Waals surface area contributed by atoms with Crippen LogP contribution in [0, 0.1) is 20.8 Å². The van der Waals surface area contributed by atoms with E-state index >= 15 is 0 Å². The molecule has 4 rings (SSSR count). The number of nitrogens with zero attached hydrogens (tertiary/aromatic N) is 1. The average molecular weight is 452 g/mol. The fraction of sp³-hybridized carbons (Fsp3) is 0.200. The largest absolute Gasteiger partial charge is 0.507 e. The number of ketones is 1. The molecule has 0 bridgehead atoms. The van der Waals surface area contributed by atoms with Gasteiger partial charge in [0.15, 0.2) is 0 Å². The molecule has 32 heavy (non-hydrogen) atoms. The van der Waals surface area contributed by atoms with E-state index in [0.717, 1.165) is 11.1 Å². The van der Waals surface area contributed by atoms with Crippen LogP contribution in [0.25, 0.3) is 5.76 Å². The van der Waals surface area contributed by atoms with E-state index in [9.17, 15) is 14.7 Å². The summed E-state index contributed by atoms with van der Waals surface area (Å²) in [5.41, 5.74) is 2.35. The number of halogens is 1. The minimum atomic E-state index is -0.965. The molecule has 6 nitrogen and oxygen atoms in total. The van der Waals surface area contributed by atoms with E-state index in [1.54, 1.807) is 49.4 Å². The molecule has 1 amide bonds. The fourth-order valence-electron chi connectivity index (χ4n) is 4.14. The van der Waals surface area contributed by atoms with Crippen LogP contribution in [0.2, 0.25) is 5.02 Å². The average Bonchev–Trinajstić information content (AvgIpc) is 3.28. The van der Waals surface area contributed by atoms with Gasteiger partial charge in [-0.25, -0.2) is 0 Å². The van der Waals surface area contributed by atoms with Gasteiger partial charge in [0, 0.05) is 10.7 Å². The quantitative estimate of drug-likeness (QED) is 0.322. The van der Waals surface area contributed by atoms with E-state index in [4.69, 9.17) is 20.8 Å². The molecule has 0 saturated carbocycles. The second-order valence-corrected chi connectivity index (χ2v) is 8.20. The fourth-order valence-corrected chi connectivity index (χ4v) is 4.33. The molecule has 1 fully saturated rings. The molecule has 164 valence electrons. The number of benzene rings is 2. The molecule has 1 atom stereocenters. The van der Waals surface area contributed by atoms with Crippen molar-refractivity contribution >= 4 is 34.7 Å². The highest BCUT2D eigenvalue weighted by Crippen LogP contribution is 2.44. The van der Waals surface area contributed by atoms with E-state index in [2.05, 4.69) is 0 Å². The third kappa shape index (κ3) is 3.56. The zero-order chi connectivity index (χ0) is 23.2. The number of aliphatic hydroxyl groups excluding tert-OH is 1. The third-order valence-electron chi connectivity index (χ3n) is 5.44. The van der Waals surface area contributed by atoms with Gasteiger partial charge in [0.05, 0.1) is 18.2 Å². The molecule has 1 saturated heterocycles. The Kier molecular flexibility index (Phi) is 5.57. The van der Waals surface area contributed by atoms with Gasteiger partial charge in [-0.2, -0.15) is 0 Å². The zero-order valence-electron chi connectivity index (χ0n) is 18.1. The van der Waals surface area contributed by atoms with Gasteiger partial charge in [0.2, 0.25) is 0 Å². The molecule has 1 aliphatic heterocycles. The summed E-state index contributed by atoms with van der Waals surface area (Å²) in [6.07, 6.45) is 0. The molecular formula is C25H22ClNO5. The molecule has 1 N–H and O–H groups in total. The van der Waals surface area contributed by atoms with E-state index < -0.39 is 17.7 Å². The normalized spacial score (nSPS) is 17.8. The summed E-state index contributed by atoms with van der Waals surface area (Å²) in [5.74, 6) is -0.529. The molecule has 3 aromatic rings. The molecule has 1 unspecified atom stereocenters. The minimum absolute atomic E-state index is 0.0763. The SMILES string of the molecule is COc1c(C)cc(C)cc1/C(O)=C1\C(=O)C(=O)N(c2cccc(Cl)c2)C1c1ccc(C)o1. The highest BCUT2D eigenvalue weighted by atomic mass is 35.5. The molecule has 2 aromatic carbocycles. The maximum atomic E-state index is 13.2. The molecule has 0 spiro atoms. The summed E-state index contributed by atoms with van der Waals surface area (Å²) in [5, 5.41) is 11.8. The van der Waals surface area contributed by atoms with Crippen molar-refractivity contribution in [3.63, 3.8) is 0 Å². The molecule has 2 heterocycles. The standard InChI is InChI=1S/C25H22ClNO5/c1-13-10-14(2)24(31-4)18(11-13)22(28)20-21(19-9-8-15(3)32-19)27(25(30)23(20)29)17-7-5-6-16(26)12-17/h5-12,21,28H,1-4H3/b22-20+. The Bertz CT molecular complexity index is 1270. The number of amides is 1. The zero-order valence-corrected chi connectivity index (χ0v) is 18.9. The van der Waals surface area contributed by atoms with Crippen LogP contribution in [0.3, 0.4) is 0 Å². The maximum Gasteiger partial charge on any atom is 0.300 e. The lowest BCUT2D eigenvalue weighted by Crippen LogP contribution is -2.29. The van der Waals surface area contributed by atoms with Crippen molar-refractivity contribution in [1.82, 2.24) is 0 Å². The lowest BCUT2D eigenvalue weighted by Gasteiger charge is -2.24. The number of hydrogen-bond donors (Lipinski definition) is 1. The van der Waals surface area contributed by atoms with Crippen molar-refractivity contribution in [2.24, 2.45) is 0 Å². The Hall–Kier alpha value is -3.51. The summed E-state index contributed by atoms with van der Waals surface area (Å²) >= 11 is 6.15. The number of anilines is 1. The summed E-state index contributed by atoms with van der Waals surface area (Å²) in [4.78, 5) is 27.7. The van der Waals surface area contributed by atoms with Gasteiger partial charge in [-0.05, 0) is 68.3 Å². The first-order chi connectivity index (χ1) is 15.2. The smallest absolute Gasteiger partial charge is 0.300 e. The van der Waals surface area contributed by atoms with E-state index in [-0.39, 0.29) is 11.3 Å². The number of hydrogen-bond acceptors (Lipinski definition) is 5. The van der Waals surface area contributed by atoms with Gasteiger partial charge in [-0.1, -0.05) is 23.7 Å². The first-order valence-corrected chi connectivity index (χ1v) is 10.4. The van der Waals surface area contributed by atoms with Gasteiger partial charge < -0.3 is 14.3 Å². The number of rotatable bonds is 4. The number of furan rings is 1.